The molecule has 9 nitrogen and oxygen atoms in total. The molecule has 198 valence electrons. The summed E-state index contributed by atoms with van der Waals surface area (Å²) in [5.41, 5.74) is 1.37. The molecule has 1 aliphatic heterocycles. The number of amidine groups is 1. The van der Waals surface area contributed by atoms with E-state index in [9.17, 15) is 14.0 Å². The van der Waals surface area contributed by atoms with Gasteiger partial charge in [0.05, 0.1) is 12.2 Å². The predicted molar refractivity (Wildman–Crippen MR) is 138 cm³/mol. The minimum Gasteiger partial charge on any atom is -0.476 e. The van der Waals surface area contributed by atoms with E-state index in [4.69, 9.17) is 30.9 Å². The number of aromatic carboxylic acids is 1. The number of carboxylic acids is 1. The van der Waals surface area contributed by atoms with Crippen molar-refractivity contribution >= 4 is 40.7 Å². The fourth-order valence-electron chi connectivity index (χ4n) is 4.92. The molecule has 1 fully saturated rings. The Morgan fingerprint density at radius 1 is 1.26 bits per heavy atom. The van der Waals surface area contributed by atoms with Crippen molar-refractivity contribution in [3.8, 4) is 0 Å². The standard InChI is InChI=1S/C26H24ClFN4O5S/c1-2-36-26(35)19-20(13-3-5-14(6-4-13)23-30-18(12-37-23)25(33)34)31-22(24-29-9-10-38-24)32-21(19)16-8-7-15(28)11-17(16)27/h7-14,21H,2-6H2,1H3,(H,31,32)(H,33,34)/t13-,14-,21?. The Labute approximate surface area is 226 Å². The van der Waals surface area contributed by atoms with Crippen LogP contribution in [-0.4, -0.2) is 39.5 Å². The van der Waals surface area contributed by atoms with E-state index >= 15 is 0 Å². The molecule has 0 bridgehead atoms. The lowest BCUT2D eigenvalue weighted by atomic mass is 9.78. The molecule has 2 aromatic heterocycles. The molecule has 0 radical (unpaired) electrons. The van der Waals surface area contributed by atoms with Crippen molar-refractivity contribution in [1.29, 1.82) is 0 Å². The van der Waals surface area contributed by atoms with E-state index in [1.165, 1.54) is 29.5 Å². The normalized spacial score (nSPS) is 21.6. The third kappa shape index (κ3) is 5.21. The third-order valence-corrected chi connectivity index (χ3v) is 7.80. The van der Waals surface area contributed by atoms with E-state index in [2.05, 4.69) is 15.3 Å². The highest BCUT2D eigenvalue weighted by molar-refractivity contribution is 7.11. The van der Waals surface area contributed by atoms with Crippen LogP contribution in [0.3, 0.4) is 0 Å². The molecule has 3 aromatic rings. The Balaban J connectivity index is 1.52. The zero-order valence-corrected chi connectivity index (χ0v) is 21.9. The number of ether oxygens (including phenoxy) is 1. The quantitative estimate of drug-likeness (QED) is 0.364. The summed E-state index contributed by atoms with van der Waals surface area (Å²) in [6.45, 7) is 1.90. The predicted octanol–water partition coefficient (Wildman–Crippen LogP) is 5.50. The van der Waals surface area contributed by atoms with Gasteiger partial charge in [0.25, 0.3) is 0 Å². The number of hydrogen-bond donors (Lipinski definition) is 2. The number of carboxylic acid groups (broad SMARTS) is 1. The zero-order chi connectivity index (χ0) is 26.8. The Morgan fingerprint density at radius 3 is 2.66 bits per heavy atom. The minimum absolute atomic E-state index is 0.0379. The summed E-state index contributed by atoms with van der Waals surface area (Å²) in [5, 5.41) is 15.2. The third-order valence-electron chi connectivity index (χ3n) is 6.69. The maximum absolute atomic E-state index is 13.9. The molecule has 0 spiro atoms. The van der Waals surface area contributed by atoms with Gasteiger partial charge >= 0.3 is 11.9 Å². The number of rotatable bonds is 7. The molecule has 1 unspecified atom stereocenters. The Hall–Kier alpha value is -3.57. The van der Waals surface area contributed by atoms with Crippen molar-refractivity contribution in [2.24, 2.45) is 10.9 Å². The fourth-order valence-corrected chi connectivity index (χ4v) is 5.78. The lowest BCUT2D eigenvalue weighted by Gasteiger charge is -2.34. The van der Waals surface area contributed by atoms with Gasteiger partial charge in [-0.3, -0.25) is 4.99 Å². The first-order chi connectivity index (χ1) is 18.4. The van der Waals surface area contributed by atoms with Gasteiger partial charge in [0.1, 0.15) is 18.1 Å². The van der Waals surface area contributed by atoms with Gasteiger partial charge in [-0.05, 0) is 50.7 Å². The SMILES string of the molecule is CCOC(=O)C1=C([C@H]2CC[C@H](c3nc(C(=O)O)co3)CC2)NC(c2nccs2)=NC1c1ccc(F)cc1Cl. The van der Waals surface area contributed by atoms with Crippen molar-refractivity contribution in [3.05, 3.63) is 80.3 Å². The summed E-state index contributed by atoms with van der Waals surface area (Å²) < 4.78 is 24.8. The van der Waals surface area contributed by atoms with E-state index in [-0.39, 0.29) is 29.2 Å². The lowest BCUT2D eigenvalue weighted by molar-refractivity contribution is -0.139. The summed E-state index contributed by atoms with van der Waals surface area (Å²) >= 11 is 7.85. The van der Waals surface area contributed by atoms with Crippen LogP contribution in [0.15, 0.2) is 56.7 Å². The first-order valence-electron chi connectivity index (χ1n) is 12.1. The van der Waals surface area contributed by atoms with Crippen molar-refractivity contribution in [2.45, 2.75) is 44.6 Å². The lowest BCUT2D eigenvalue weighted by Crippen LogP contribution is -2.38. The highest BCUT2D eigenvalue weighted by atomic mass is 35.5. The molecule has 0 saturated heterocycles. The molecule has 5 rings (SSSR count). The summed E-state index contributed by atoms with van der Waals surface area (Å²) in [6.07, 6.45) is 5.53. The number of aliphatic imine (C=N–C) groups is 1. The molecular formula is C26H24ClFN4O5S. The van der Waals surface area contributed by atoms with Crippen molar-refractivity contribution in [2.75, 3.05) is 6.61 Å². The molecule has 0 amide bonds. The molecular weight excluding hydrogens is 535 g/mol. The zero-order valence-electron chi connectivity index (χ0n) is 20.3. The van der Waals surface area contributed by atoms with Crippen LogP contribution in [0.4, 0.5) is 4.39 Å². The second-order valence-corrected chi connectivity index (χ2v) is 10.3. The number of esters is 1. The number of carbonyl (C=O) groups excluding carboxylic acids is 1. The summed E-state index contributed by atoms with van der Waals surface area (Å²) in [7, 11) is 0. The Morgan fingerprint density at radius 2 is 2.03 bits per heavy atom. The van der Waals surface area contributed by atoms with Gasteiger partial charge < -0.3 is 19.6 Å². The second-order valence-electron chi connectivity index (χ2n) is 8.98. The minimum atomic E-state index is -1.14. The summed E-state index contributed by atoms with van der Waals surface area (Å²) in [5.74, 6) is -1.36. The van der Waals surface area contributed by atoms with Crippen LogP contribution in [0.25, 0.3) is 0 Å². The number of nitrogens with one attached hydrogen (secondary N) is 1. The number of hydrogen-bond acceptors (Lipinski definition) is 9. The number of thiazole rings is 1. The highest BCUT2D eigenvalue weighted by Crippen LogP contribution is 2.43. The number of allylic oxidation sites excluding steroid dienone is 1. The van der Waals surface area contributed by atoms with Gasteiger partial charge in [-0.2, -0.15) is 0 Å². The van der Waals surface area contributed by atoms with E-state index in [0.29, 0.717) is 59.3 Å². The van der Waals surface area contributed by atoms with Crippen molar-refractivity contribution in [1.82, 2.24) is 15.3 Å². The van der Waals surface area contributed by atoms with E-state index in [0.717, 1.165) is 6.26 Å². The Kier molecular flexibility index (Phi) is 7.57. The van der Waals surface area contributed by atoms with Crippen LogP contribution in [0.5, 0.6) is 0 Å². The van der Waals surface area contributed by atoms with E-state index in [1.807, 2.05) is 5.38 Å². The van der Waals surface area contributed by atoms with Crippen molar-refractivity contribution in [3.63, 3.8) is 0 Å². The summed E-state index contributed by atoms with van der Waals surface area (Å²) in [6, 6.07) is 3.21. The molecule has 1 aromatic carbocycles. The second kappa shape index (κ2) is 11.0. The molecule has 1 atom stereocenters. The molecule has 3 heterocycles. The number of nitrogens with zero attached hydrogens (tertiary/aromatic N) is 3. The van der Waals surface area contributed by atoms with Gasteiger partial charge in [0.2, 0.25) is 0 Å². The smallest absolute Gasteiger partial charge is 0.357 e. The average Bonchev–Trinajstić information content (AvgIpc) is 3.61. The largest absolute Gasteiger partial charge is 0.476 e. The molecule has 2 aliphatic rings. The fraction of sp³-hybridized carbons (Fsp3) is 0.346. The monoisotopic (exact) mass is 558 g/mol. The molecule has 12 heteroatoms. The molecule has 1 aliphatic carbocycles. The van der Waals surface area contributed by atoms with Gasteiger partial charge in [-0.15, -0.1) is 11.3 Å². The van der Waals surface area contributed by atoms with Crippen LogP contribution in [0.2, 0.25) is 5.02 Å². The first-order valence-corrected chi connectivity index (χ1v) is 13.4. The maximum atomic E-state index is 13.9. The first kappa shape index (κ1) is 26.1. The van der Waals surface area contributed by atoms with Crippen LogP contribution in [0.1, 0.15) is 71.5 Å². The number of oxazole rings is 1. The van der Waals surface area contributed by atoms with Gasteiger partial charge in [0, 0.05) is 33.8 Å². The van der Waals surface area contributed by atoms with Crippen LogP contribution in [0, 0.1) is 11.7 Å². The van der Waals surface area contributed by atoms with Gasteiger partial charge in [-0.25, -0.2) is 23.9 Å². The number of aromatic nitrogens is 2. The van der Waals surface area contributed by atoms with E-state index in [1.54, 1.807) is 13.1 Å². The molecule has 2 N–H and O–H groups in total. The van der Waals surface area contributed by atoms with E-state index < -0.39 is 23.8 Å². The topological polar surface area (TPSA) is 127 Å². The number of halogens is 2. The van der Waals surface area contributed by atoms with Crippen LogP contribution >= 0.6 is 22.9 Å². The molecule has 1 saturated carbocycles. The number of benzene rings is 1. The molecule has 38 heavy (non-hydrogen) atoms. The average molecular weight is 559 g/mol. The summed E-state index contributed by atoms with van der Waals surface area (Å²) in [4.78, 5) is 37.9. The van der Waals surface area contributed by atoms with Crippen molar-refractivity contribution < 1.29 is 28.2 Å². The highest BCUT2D eigenvalue weighted by Gasteiger charge is 2.38. The van der Waals surface area contributed by atoms with Gasteiger partial charge in [-0.1, -0.05) is 17.7 Å². The Bertz CT molecular complexity index is 1410. The van der Waals surface area contributed by atoms with Crippen LogP contribution < -0.4 is 5.32 Å². The van der Waals surface area contributed by atoms with Gasteiger partial charge in [0.15, 0.2) is 22.4 Å². The number of carbonyl (C=O) groups is 2. The maximum Gasteiger partial charge on any atom is 0.357 e. The van der Waals surface area contributed by atoms with Crippen LogP contribution in [-0.2, 0) is 9.53 Å².